The Morgan fingerprint density at radius 1 is 1.29 bits per heavy atom. The van der Waals surface area contributed by atoms with Gasteiger partial charge in [0.05, 0.1) is 6.10 Å². The maximum absolute atomic E-state index is 17.2. The summed E-state index contributed by atoms with van der Waals surface area (Å²) >= 11 is 11.4. The first-order valence-corrected chi connectivity index (χ1v) is 12.2. The summed E-state index contributed by atoms with van der Waals surface area (Å²) < 4.78 is 40.7. The van der Waals surface area contributed by atoms with Crippen LogP contribution in [0.5, 0.6) is 0 Å². The Balaban J connectivity index is 1.84. The smallest absolute Gasteiger partial charge is 0.353 e. The van der Waals surface area contributed by atoms with Gasteiger partial charge in [-0.1, -0.05) is 48.7 Å². The van der Waals surface area contributed by atoms with Gasteiger partial charge in [0, 0.05) is 22.7 Å². The van der Waals surface area contributed by atoms with E-state index in [9.17, 15) is 23.9 Å². The van der Waals surface area contributed by atoms with Crippen molar-refractivity contribution in [3.8, 4) is 0 Å². The Morgan fingerprint density at radius 3 is 2.59 bits per heavy atom. The predicted molar refractivity (Wildman–Crippen MR) is 119 cm³/mol. The Morgan fingerprint density at radius 2 is 1.97 bits per heavy atom. The quantitative estimate of drug-likeness (QED) is 0.442. The molecule has 0 unspecified atom stereocenters. The number of halogens is 4. The highest BCUT2D eigenvalue weighted by Gasteiger charge is 2.78. The minimum atomic E-state index is -2.14. The number of hydrogen-bond donors (Lipinski definition) is 1. The van der Waals surface area contributed by atoms with Crippen molar-refractivity contribution in [2.75, 3.05) is 6.86 Å². The summed E-state index contributed by atoms with van der Waals surface area (Å²) in [5.74, 6) is -4.39. The van der Waals surface area contributed by atoms with E-state index in [1.807, 2.05) is 0 Å². The van der Waals surface area contributed by atoms with Gasteiger partial charge >= 0.3 is 11.9 Å². The van der Waals surface area contributed by atoms with Crippen LogP contribution in [-0.4, -0.2) is 51.9 Å². The molecule has 0 aromatic heterocycles. The topological polar surface area (TPSA) is 89.9 Å². The molecule has 0 heterocycles. The molecule has 6 nitrogen and oxygen atoms in total. The molecule has 3 fully saturated rings. The van der Waals surface area contributed by atoms with Crippen molar-refractivity contribution in [3.05, 3.63) is 23.8 Å². The summed E-state index contributed by atoms with van der Waals surface area (Å²) in [6.07, 6.45) is 3.46. The number of carbonyl (C=O) groups excluding carboxylic acids is 3. The third-order valence-corrected chi connectivity index (χ3v) is 9.47. The minimum absolute atomic E-state index is 0.226. The van der Waals surface area contributed by atoms with Crippen molar-refractivity contribution in [1.29, 1.82) is 0 Å². The monoisotopic (exact) mass is 520 g/mol. The molecule has 0 spiro atoms. The second-order valence-electron chi connectivity index (χ2n) is 10.4. The van der Waals surface area contributed by atoms with Gasteiger partial charge in [0.2, 0.25) is 17.3 Å². The number of ketones is 1. The Labute approximate surface area is 206 Å². The van der Waals surface area contributed by atoms with Crippen molar-refractivity contribution in [2.45, 2.75) is 68.7 Å². The fraction of sp³-hybridized carbons (Fsp3) is 0.708. The van der Waals surface area contributed by atoms with E-state index in [1.54, 1.807) is 20.8 Å². The van der Waals surface area contributed by atoms with Gasteiger partial charge < -0.3 is 14.6 Å². The standard InChI is InChI=1S/C24H28Cl2F2O6/c1-12-8-16-15-5-4-13-9-14(29)6-7-21(13,2)23(15,28)17(30)10-22(16,3)24(12,20(32)33-11-27)34-19(31)18(25)26/h6-7,9,12,15-18,30H,4-5,8,10-11H2,1-3H3/t12-,15-,16-,17-,21-,22-,23-,24-/m0/s1. The van der Waals surface area contributed by atoms with Gasteiger partial charge in [0.15, 0.2) is 11.5 Å². The lowest BCUT2D eigenvalue weighted by Crippen LogP contribution is -2.70. The maximum Gasteiger partial charge on any atom is 0.353 e. The number of rotatable bonds is 4. The summed E-state index contributed by atoms with van der Waals surface area (Å²) in [4.78, 5) is 36.1. The Kier molecular flexibility index (Phi) is 6.22. The lowest BCUT2D eigenvalue weighted by Gasteiger charge is -2.62. The van der Waals surface area contributed by atoms with Crippen molar-refractivity contribution >= 4 is 40.9 Å². The highest BCUT2D eigenvalue weighted by molar-refractivity contribution is 6.53. The first kappa shape index (κ1) is 25.6. The van der Waals surface area contributed by atoms with Gasteiger partial charge in [-0.05, 0) is 50.7 Å². The number of aliphatic hydroxyl groups is 1. The molecule has 0 amide bonds. The molecule has 4 aliphatic rings. The molecular weight excluding hydrogens is 493 g/mol. The van der Waals surface area contributed by atoms with Crippen molar-refractivity contribution < 1.29 is 37.7 Å². The minimum Gasteiger partial charge on any atom is -0.444 e. The van der Waals surface area contributed by atoms with Crippen LogP contribution in [0.4, 0.5) is 8.78 Å². The van der Waals surface area contributed by atoms with Crippen LogP contribution in [0.3, 0.4) is 0 Å². The molecule has 1 N–H and O–H groups in total. The van der Waals surface area contributed by atoms with E-state index in [0.717, 1.165) is 0 Å². The zero-order chi connectivity index (χ0) is 25.3. The van der Waals surface area contributed by atoms with Crippen LogP contribution < -0.4 is 0 Å². The number of esters is 2. The largest absolute Gasteiger partial charge is 0.444 e. The van der Waals surface area contributed by atoms with Crippen molar-refractivity contribution in [2.24, 2.45) is 28.6 Å². The lowest BCUT2D eigenvalue weighted by atomic mass is 9.44. The van der Waals surface area contributed by atoms with Crippen LogP contribution >= 0.6 is 23.2 Å². The fourth-order valence-electron chi connectivity index (χ4n) is 7.58. The molecule has 4 rings (SSSR count). The molecule has 0 aromatic carbocycles. The molecule has 0 saturated heterocycles. The molecule has 8 atom stereocenters. The second kappa shape index (κ2) is 8.27. The predicted octanol–water partition coefficient (Wildman–Crippen LogP) is 4.16. The average molecular weight is 521 g/mol. The van der Waals surface area contributed by atoms with Gasteiger partial charge in [-0.2, -0.15) is 0 Å². The van der Waals surface area contributed by atoms with E-state index in [-0.39, 0.29) is 18.6 Å². The second-order valence-corrected chi connectivity index (χ2v) is 11.5. The van der Waals surface area contributed by atoms with Crippen LogP contribution in [0.2, 0.25) is 0 Å². The normalized spacial score (nSPS) is 45.2. The molecule has 4 aliphatic carbocycles. The van der Waals surface area contributed by atoms with E-state index in [2.05, 4.69) is 0 Å². The molecule has 34 heavy (non-hydrogen) atoms. The van der Waals surface area contributed by atoms with E-state index in [1.165, 1.54) is 18.2 Å². The summed E-state index contributed by atoms with van der Waals surface area (Å²) in [5, 5.41) is 11.4. The third-order valence-electron chi connectivity index (χ3n) is 9.11. The molecule has 0 radical (unpaired) electrons. The van der Waals surface area contributed by atoms with E-state index in [4.69, 9.17) is 32.7 Å². The van der Waals surface area contributed by atoms with Crippen LogP contribution in [0.15, 0.2) is 23.8 Å². The van der Waals surface area contributed by atoms with E-state index in [0.29, 0.717) is 18.4 Å². The number of hydrogen-bond acceptors (Lipinski definition) is 6. The first-order chi connectivity index (χ1) is 15.8. The number of carbonyl (C=O) groups is 3. The number of ether oxygens (including phenoxy) is 2. The molecule has 3 saturated carbocycles. The van der Waals surface area contributed by atoms with Gasteiger partial charge in [-0.15, -0.1) is 0 Å². The van der Waals surface area contributed by atoms with Gasteiger partial charge in [0.25, 0.3) is 0 Å². The summed E-state index contributed by atoms with van der Waals surface area (Å²) in [6.45, 7) is 3.52. The zero-order valence-corrected chi connectivity index (χ0v) is 20.7. The molecular formula is C24H28Cl2F2O6. The van der Waals surface area contributed by atoms with Crippen LogP contribution in [0, 0.1) is 28.6 Å². The first-order valence-electron chi connectivity index (χ1n) is 11.3. The average Bonchev–Trinajstić information content (AvgIpc) is 2.97. The maximum atomic E-state index is 17.2. The highest BCUT2D eigenvalue weighted by Crippen LogP contribution is 2.71. The number of fused-ring (bicyclic) bond motifs is 5. The van der Waals surface area contributed by atoms with Crippen LogP contribution in [-0.2, 0) is 23.9 Å². The van der Waals surface area contributed by atoms with Gasteiger partial charge in [0.1, 0.15) is 0 Å². The molecule has 0 bridgehead atoms. The zero-order valence-electron chi connectivity index (χ0n) is 19.2. The van der Waals surface area contributed by atoms with Crippen molar-refractivity contribution in [1.82, 2.24) is 0 Å². The molecule has 188 valence electrons. The number of allylic oxidation sites excluding steroid dienone is 4. The van der Waals surface area contributed by atoms with Gasteiger partial charge in [-0.3, -0.25) is 4.79 Å². The molecule has 0 aliphatic heterocycles. The fourth-order valence-corrected chi connectivity index (χ4v) is 7.67. The van der Waals surface area contributed by atoms with E-state index >= 15 is 4.39 Å². The van der Waals surface area contributed by atoms with Crippen LogP contribution in [0.25, 0.3) is 0 Å². The number of alkyl halides is 4. The van der Waals surface area contributed by atoms with Gasteiger partial charge in [-0.25, -0.2) is 18.4 Å². The third kappa shape index (κ3) is 3.10. The van der Waals surface area contributed by atoms with Crippen molar-refractivity contribution in [3.63, 3.8) is 0 Å². The summed E-state index contributed by atoms with van der Waals surface area (Å²) in [6, 6.07) is 0. The SMILES string of the molecule is C[C@H]1C[C@H]2[C@@H]3CCC4=CC(=O)C=C[C@]4(C)[C@@]3(F)[C@@H](O)C[C@]2(C)[C@@]1(OC(=O)C(Cl)Cl)C(=O)OCF. The summed E-state index contributed by atoms with van der Waals surface area (Å²) in [7, 11) is 0. The lowest BCUT2D eigenvalue weighted by molar-refractivity contribution is -0.237. The number of aliphatic hydroxyl groups excluding tert-OH is 1. The van der Waals surface area contributed by atoms with E-state index < -0.39 is 69.6 Å². The molecule has 0 aromatic rings. The summed E-state index contributed by atoms with van der Waals surface area (Å²) in [5.41, 5.74) is -6.03. The Hall–Kier alpha value is -1.51. The van der Waals surface area contributed by atoms with Crippen LogP contribution in [0.1, 0.15) is 46.5 Å². The molecule has 10 heteroatoms. The highest BCUT2D eigenvalue weighted by atomic mass is 35.5. The Bertz CT molecular complexity index is 985.